The van der Waals surface area contributed by atoms with Gasteiger partial charge < -0.3 is 14.7 Å². The van der Waals surface area contributed by atoms with Crippen molar-refractivity contribution < 1.29 is 14.6 Å². The summed E-state index contributed by atoms with van der Waals surface area (Å²) < 4.78 is 5.77. The molecule has 0 aromatic carbocycles. The molecule has 1 saturated heterocycles. The molecule has 0 aliphatic carbocycles. The molecule has 0 saturated carbocycles. The Morgan fingerprint density at radius 3 is 3.19 bits per heavy atom. The van der Waals surface area contributed by atoms with Crippen LogP contribution in [0.25, 0.3) is 0 Å². The average molecular weight is 307 g/mol. The van der Waals surface area contributed by atoms with Crippen molar-refractivity contribution >= 4 is 17.2 Å². The maximum Gasteiger partial charge on any atom is 0.264 e. The van der Waals surface area contributed by atoms with Gasteiger partial charge in [0.1, 0.15) is 6.61 Å². The highest BCUT2D eigenvalue weighted by Crippen LogP contribution is 2.21. The van der Waals surface area contributed by atoms with Gasteiger partial charge >= 0.3 is 0 Å². The average Bonchev–Trinajstić information content (AvgIpc) is 2.99. The lowest BCUT2D eigenvalue weighted by Gasteiger charge is -2.32. The van der Waals surface area contributed by atoms with Crippen LogP contribution in [0.2, 0.25) is 0 Å². The fraction of sp³-hybridized carbons (Fsp3) is 0.562. The van der Waals surface area contributed by atoms with Gasteiger partial charge in [-0.3, -0.25) is 4.79 Å². The second-order valence-corrected chi connectivity index (χ2v) is 6.09. The van der Waals surface area contributed by atoms with Gasteiger partial charge in [-0.25, -0.2) is 0 Å². The maximum atomic E-state index is 12.5. The minimum Gasteiger partial charge on any atom is -0.384 e. The van der Waals surface area contributed by atoms with Gasteiger partial charge in [-0.2, -0.15) is 0 Å². The summed E-state index contributed by atoms with van der Waals surface area (Å²) in [4.78, 5) is 15.9. The van der Waals surface area contributed by atoms with Crippen LogP contribution in [0.15, 0.2) is 12.1 Å². The summed E-state index contributed by atoms with van der Waals surface area (Å²) in [5.74, 6) is 5.49. The first-order valence-corrected chi connectivity index (χ1v) is 8.16. The minimum absolute atomic E-state index is 0.0573. The van der Waals surface area contributed by atoms with Crippen molar-refractivity contribution in [1.82, 2.24) is 4.90 Å². The summed E-state index contributed by atoms with van der Waals surface area (Å²) in [5, 5.41) is 8.69. The molecule has 1 fully saturated rings. The molecule has 1 N–H and O–H groups in total. The first kappa shape index (κ1) is 16.0. The van der Waals surface area contributed by atoms with Crippen LogP contribution < -0.4 is 0 Å². The number of likely N-dealkylation sites (tertiary alicyclic amines) is 1. The normalized spacial score (nSPS) is 18.2. The topological polar surface area (TPSA) is 49.8 Å². The molecule has 114 valence electrons. The zero-order valence-electron chi connectivity index (χ0n) is 12.3. The van der Waals surface area contributed by atoms with Crippen molar-refractivity contribution in [2.24, 2.45) is 0 Å². The smallest absolute Gasteiger partial charge is 0.264 e. The summed E-state index contributed by atoms with van der Waals surface area (Å²) in [6.45, 7) is 4.15. The van der Waals surface area contributed by atoms with Gasteiger partial charge in [0.25, 0.3) is 5.91 Å². The van der Waals surface area contributed by atoms with E-state index in [1.54, 1.807) is 0 Å². The number of nitrogens with zero attached hydrogens (tertiary/aromatic N) is 1. The van der Waals surface area contributed by atoms with Crippen LogP contribution in [-0.2, 0) is 4.74 Å². The number of ether oxygens (including phenoxy) is 1. The molecule has 1 amide bonds. The van der Waals surface area contributed by atoms with Crippen LogP contribution >= 0.6 is 11.3 Å². The van der Waals surface area contributed by atoms with E-state index in [2.05, 4.69) is 18.8 Å². The Labute approximate surface area is 129 Å². The van der Waals surface area contributed by atoms with E-state index < -0.39 is 0 Å². The Bertz CT molecular complexity index is 529. The molecule has 1 unspecified atom stereocenters. The van der Waals surface area contributed by atoms with E-state index in [9.17, 15) is 4.79 Å². The molecule has 1 atom stereocenters. The molecule has 0 bridgehead atoms. The van der Waals surface area contributed by atoms with Gasteiger partial charge in [-0.15, -0.1) is 11.3 Å². The monoisotopic (exact) mass is 307 g/mol. The molecule has 1 aliphatic rings. The predicted octanol–water partition coefficient (Wildman–Crippen LogP) is 2.12. The molecular weight excluding hydrogens is 286 g/mol. The van der Waals surface area contributed by atoms with Crippen molar-refractivity contribution in [2.45, 2.75) is 32.3 Å². The summed E-state index contributed by atoms with van der Waals surface area (Å²) >= 11 is 1.38. The molecular formula is C16H21NO3S. The van der Waals surface area contributed by atoms with Crippen LogP contribution in [-0.4, -0.2) is 48.3 Å². The van der Waals surface area contributed by atoms with E-state index in [0.29, 0.717) is 11.4 Å². The second-order valence-electron chi connectivity index (χ2n) is 5.01. The molecule has 0 spiro atoms. The summed E-state index contributed by atoms with van der Waals surface area (Å²) in [5.41, 5.74) is 0. The van der Waals surface area contributed by atoms with Gasteiger partial charge in [0.2, 0.25) is 0 Å². The number of carbonyl (C=O) groups is 1. The Balaban J connectivity index is 1.97. The van der Waals surface area contributed by atoms with Crippen LogP contribution in [0.4, 0.5) is 0 Å². The fourth-order valence-corrected chi connectivity index (χ4v) is 3.19. The van der Waals surface area contributed by atoms with E-state index in [4.69, 9.17) is 9.84 Å². The van der Waals surface area contributed by atoms with Gasteiger partial charge in [0.15, 0.2) is 0 Å². The molecule has 1 aromatic rings. The molecule has 21 heavy (non-hydrogen) atoms. The number of thiophene rings is 1. The highest BCUT2D eigenvalue weighted by molar-refractivity contribution is 7.14. The predicted molar refractivity (Wildman–Crippen MR) is 83.5 cm³/mol. The Kier molecular flexibility index (Phi) is 6.24. The Hall–Kier alpha value is -1.35. The Morgan fingerprint density at radius 2 is 2.43 bits per heavy atom. The van der Waals surface area contributed by atoms with Crippen LogP contribution in [0, 0.1) is 11.8 Å². The zero-order chi connectivity index (χ0) is 15.1. The second kappa shape index (κ2) is 8.18. The maximum absolute atomic E-state index is 12.5. The van der Waals surface area contributed by atoms with Gasteiger partial charge in [0, 0.05) is 19.7 Å². The molecule has 1 aromatic heterocycles. The number of hydrogen-bond acceptors (Lipinski definition) is 4. The number of carbonyl (C=O) groups excluding carboxylic acids is 1. The largest absolute Gasteiger partial charge is 0.384 e. The van der Waals surface area contributed by atoms with Crippen LogP contribution in [0.5, 0.6) is 0 Å². The lowest BCUT2D eigenvalue weighted by atomic mass is 10.1. The third-order valence-electron chi connectivity index (χ3n) is 3.33. The number of hydrogen-bond donors (Lipinski definition) is 1. The third-order valence-corrected chi connectivity index (χ3v) is 4.32. The van der Waals surface area contributed by atoms with Crippen molar-refractivity contribution in [1.29, 1.82) is 0 Å². The lowest BCUT2D eigenvalue weighted by Crippen LogP contribution is -2.43. The highest BCUT2D eigenvalue weighted by atomic mass is 32.1. The standard InChI is InChI=1S/C16H21NO3S/c1-2-11-20-13-5-3-9-17(12-13)16(19)15-8-7-14(21-15)6-4-10-18/h7-8,13,18H,2-3,5,9-12H2,1H3. The number of aliphatic hydroxyl groups excluding tert-OH is 1. The summed E-state index contributed by atoms with van der Waals surface area (Å²) in [6, 6.07) is 3.64. The highest BCUT2D eigenvalue weighted by Gasteiger charge is 2.25. The quantitative estimate of drug-likeness (QED) is 0.867. The molecule has 1 aliphatic heterocycles. The molecule has 2 heterocycles. The summed E-state index contributed by atoms with van der Waals surface area (Å²) in [6.07, 6.45) is 3.18. The first-order valence-electron chi connectivity index (χ1n) is 7.35. The minimum atomic E-state index is -0.163. The SMILES string of the molecule is CCCOC1CCCN(C(=O)c2ccc(C#CCO)s2)C1. The van der Waals surface area contributed by atoms with E-state index in [1.165, 1.54) is 11.3 Å². The fourth-order valence-electron chi connectivity index (χ4n) is 2.35. The van der Waals surface area contributed by atoms with Gasteiger partial charge in [0.05, 0.1) is 15.9 Å². The molecule has 5 heteroatoms. The number of aliphatic hydroxyl groups is 1. The zero-order valence-corrected chi connectivity index (χ0v) is 13.1. The summed E-state index contributed by atoms with van der Waals surface area (Å²) in [7, 11) is 0. The van der Waals surface area contributed by atoms with Crippen LogP contribution in [0.1, 0.15) is 40.7 Å². The molecule has 2 rings (SSSR count). The third kappa shape index (κ3) is 4.57. The van der Waals surface area contributed by atoms with E-state index in [1.807, 2.05) is 17.0 Å². The van der Waals surface area contributed by atoms with Crippen molar-refractivity contribution in [3.8, 4) is 11.8 Å². The number of piperidine rings is 1. The number of rotatable bonds is 4. The lowest BCUT2D eigenvalue weighted by molar-refractivity contribution is 0.00227. The first-order chi connectivity index (χ1) is 10.2. The van der Waals surface area contributed by atoms with Gasteiger partial charge in [-0.05, 0) is 31.4 Å². The van der Waals surface area contributed by atoms with E-state index in [-0.39, 0.29) is 18.6 Å². The van der Waals surface area contributed by atoms with Crippen molar-refractivity contribution in [3.63, 3.8) is 0 Å². The van der Waals surface area contributed by atoms with E-state index in [0.717, 1.165) is 37.3 Å². The van der Waals surface area contributed by atoms with E-state index >= 15 is 0 Å². The van der Waals surface area contributed by atoms with Crippen molar-refractivity contribution in [2.75, 3.05) is 26.3 Å². The van der Waals surface area contributed by atoms with Gasteiger partial charge in [-0.1, -0.05) is 18.8 Å². The molecule has 0 radical (unpaired) electrons. The number of amides is 1. The molecule has 4 nitrogen and oxygen atoms in total. The van der Waals surface area contributed by atoms with Crippen molar-refractivity contribution in [3.05, 3.63) is 21.9 Å². The Morgan fingerprint density at radius 1 is 1.57 bits per heavy atom. The van der Waals surface area contributed by atoms with Crippen LogP contribution in [0.3, 0.4) is 0 Å².